The number of hydrogen-bond acceptors (Lipinski definition) is 6. The van der Waals surface area contributed by atoms with E-state index < -0.39 is 17.2 Å². The molecule has 5 nitrogen and oxygen atoms in total. The predicted octanol–water partition coefficient (Wildman–Crippen LogP) is 4.83. The number of hydrogen-bond donors (Lipinski definition) is 1. The Balaban J connectivity index is 2.39. The number of Topliss-reactive ketones (excluding diaryl/α,β-unsaturated/α-hetero) is 1. The number of thioether (sulfide) groups is 1. The molecule has 0 amide bonds. The maximum absolute atomic E-state index is 12.8. The van der Waals surface area contributed by atoms with Gasteiger partial charge in [-0.15, -0.1) is 0 Å². The average Bonchev–Trinajstić information content (AvgIpc) is 2.65. The fourth-order valence-corrected chi connectivity index (χ4v) is 3.87. The Morgan fingerprint density at radius 3 is 2.33 bits per heavy atom. The molecular weight excluding hydrogens is 398 g/mol. The zero-order valence-corrected chi connectivity index (χ0v) is 20.1. The summed E-state index contributed by atoms with van der Waals surface area (Å²) < 4.78 is 11.3. The van der Waals surface area contributed by atoms with Gasteiger partial charge in [0.05, 0.1) is 6.61 Å². The smallest absolute Gasteiger partial charge is 0.333 e. The summed E-state index contributed by atoms with van der Waals surface area (Å²) in [5, 5.41) is 0. The van der Waals surface area contributed by atoms with Crippen LogP contribution in [0, 0.1) is 5.92 Å². The predicted molar refractivity (Wildman–Crippen MR) is 126 cm³/mol. The van der Waals surface area contributed by atoms with Crippen molar-refractivity contribution >= 4 is 29.2 Å². The molecule has 1 aromatic rings. The lowest BCUT2D eigenvalue weighted by Gasteiger charge is -2.30. The molecule has 0 bridgehead atoms. The third kappa shape index (κ3) is 9.35. The van der Waals surface area contributed by atoms with Crippen LogP contribution in [0.1, 0.15) is 53.5 Å². The number of aryl methyl sites for hydroxylation is 1. The Labute approximate surface area is 185 Å². The number of ether oxygens (including phenoxy) is 2. The van der Waals surface area contributed by atoms with Gasteiger partial charge in [-0.2, -0.15) is 11.8 Å². The molecule has 0 saturated heterocycles. The van der Waals surface area contributed by atoms with E-state index in [0.29, 0.717) is 18.6 Å². The van der Waals surface area contributed by atoms with Gasteiger partial charge in [0.1, 0.15) is 11.2 Å². The van der Waals surface area contributed by atoms with E-state index in [9.17, 15) is 9.59 Å². The van der Waals surface area contributed by atoms with Gasteiger partial charge in [0.15, 0.2) is 5.78 Å². The third-order valence-corrected chi connectivity index (χ3v) is 6.04. The van der Waals surface area contributed by atoms with Gasteiger partial charge in [-0.3, -0.25) is 4.79 Å². The first-order chi connectivity index (χ1) is 13.8. The van der Waals surface area contributed by atoms with Crippen LogP contribution < -0.4 is 5.73 Å². The van der Waals surface area contributed by atoms with Crippen molar-refractivity contribution in [3.05, 3.63) is 42.0 Å². The number of carbonyl (C=O) groups excluding carboxylic acids is 2. The number of nitrogen functional groups attached to an aromatic ring is 1. The van der Waals surface area contributed by atoms with E-state index in [1.165, 1.54) is 5.56 Å². The molecule has 0 saturated carbocycles. The zero-order chi connectivity index (χ0) is 22.9. The fourth-order valence-electron chi connectivity index (χ4n) is 2.82. The minimum Gasteiger partial charge on any atom is -0.456 e. The molecule has 2 N–H and O–H groups in total. The number of carbonyl (C=O) groups is 2. The molecule has 1 aromatic carbocycles. The summed E-state index contributed by atoms with van der Waals surface area (Å²) in [5.74, 6) is 1.26. The van der Waals surface area contributed by atoms with Gasteiger partial charge in [-0.05, 0) is 64.5 Å². The molecule has 0 radical (unpaired) electrons. The summed E-state index contributed by atoms with van der Waals surface area (Å²) in [6.07, 6.45) is 1.44. The molecule has 0 aromatic heterocycles. The lowest BCUT2D eigenvalue weighted by Crippen LogP contribution is -2.41. The first-order valence-corrected chi connectivity index (χ1v) is 11.5. The molecule has 0 aliphatic rings. The van der Waals surface area contributed by atoms with Crippen LogP contribution in [-0.2, 0) is 25.5 Å². The van der Waals surface area contributed by atoms with Crippen molar-refractivity contribution in [1.82, 2.24) is 0 Å². The van der Waals surface area contributed by atoms with Gasteiger partial charge >= 0.3 is 5.97 Å². The minimum absolute atomic E-state index is 0.0826. The topological polar surface area (TPSA) is 78.6 Å². The Hall–Kier alpha value is -1.79. The SMILES string of the molecule is C=C(C)C(=O)OC(C)(C)CCOC(C)(C)C(=O)C(C)CSCCc1ccc(N)cc1. The third-order valence-electron chi connectivity index (χ3n) is 4.81. The normalized spacial score (nSPS) is 13.0. The van der Waals surface area contributed by atoms with Crippen molar-refractivity contribution < 1.29 is 19.1 Å². The second-order valence-electron chi connectivity index (χ2n) is 8.87. The molecule has 0 fully saturated rings. The number of rotatable bonds is 13. The second kappa shape index (κ2) is 11.6. The Bertz CT molecular complexity index is 725. The standard InChI is InChI=1S/C24H37NO4S/c1-17(2)22(27)29-23(4,5)13-14-28-24(6,7)21(26)18(3)16-30-15-12-19-8-10-20(25)11-9-19/h8-11,18H,1,12-16,25H2,2-7H3. The van der Waals surface area contributed by atoms with Crippen LogP contribution >= 0.6 is 11.8 Å². The van der Waals surface area contributed by atoms with Gasteiger partial charge < -0.3 is 15.2 Å². The molecule has 30 heavy (non-hydrogen) atoms. The van der Waals surface area contributed by atoms with Crippen LogP contribution in [0.3, 0.4) is 0 Å². The summed E-state index contributed by atoms with van der Waals surface area (Å²) in [6, 6.07) is 7.90. The second-order valence-corrected chi connectivity index (χ2v) is 10.0. The molecule has 1 unspecified atom stereocenters. The highest BCUT2D eigenvalue weighted by atomic mass is 32.2. The van der Waals surface area contributed by atoms with E-state index in [1.807, 2.05) is 45.0 Å². The molecule has 1 atom stereocenters. The average molecular weight is 436 g/mol. The monoisotopic (exact) mass is 435 g/mol. The lowest BCUT2D eigenvalue weighted by molar-refractivity contribution is -0.157. The number of benzene rings is 1. The van der Waals surface area contributed by atoms with Crippen molar-refractivity contribution in [1.29, 1.82) is 0 Å². The van der Waals surface area contributed by atoms with Crippen LogP contribution in [0.4, 0.5) is 5.69 Å². The molecule has 0 heterocycles. The maximum atomic E-state index is 12.8. The molecule has 0 aliphatic carbocycles. The van der Waals surface area contributed by atoms with E-state index in [-0.39, 0.29) is 11.7 Å². The summed E-state index contributed by atoms with van der Waals surface area (Å²) in [7, 11) is 0. The zero-order valence-electron chi connectivity index (χ0n) is 19.2. The Morgan fingerprint density at radius 1 is 1.17 bits per heavy atom. The Morgan fingerprint density at radius 2 is 1.77 bits per heavy atom. The van der Waals surface area contributed by atoms with Crippen LogP contribution in [0.25, 0.3) is 0 Å². The minimum atomic E-state index is -0.884. The van der Waals surface area contributed by atoms with Crippen molar-refractivity contribution in [2.75, 3.05) is 23.8 Å². The molecule has 0 spiro atoms. The molecule has 168 valence electrons. The largest absolute Gasteiger partial charge is 0.456 e. The van der Waals surface area contributed by atoms with Crippen molar-refractivity contribution in [3.8, 4) is 0 Å². The summed E-state index contributed by atoms with van der Waals surface area (Å²) in [4.78, 5) is 24.6. The number of anilines is 1. The lowest BCUT2D eigenvalue weighted by atomic mass is 9.94. The number of nitrogens with two attached hydrogens (primary N) is 1. The van der Waals surface area contributed by atoms with Crippen molar-refractivity contribution in [3.63, 3.8) is 0 Å². The van der Waals surface area contributed by atoms with E-state index >= 15 is 0 Å². The fraction of sp³-hybridized carbons (Fsp3) is 0.583. The van der Waals surface area contributed by atoms with Gasteiger partial charge in [0.25, 0.3) is 0 Å². The summed E-state index contributed by atoms with van der Waals surface area (Å²) in [5.41, 5.74) is 6.52. The van der Waals surface area contributed by atoms with Gasteiger partial charge in [0.2, 0.25) is 0 Å². The molecule has 0 aliphatic heterocycles. The van der Waals surface area contributed by atoms with Crippen LogP contribution in [-0.4, -0.2) is 41.1 Å². The van der Waals surface area contributed by atoms with Crippen molar-refractivity contribution in [2.24, 2.45) is 5.92 Å². The van der Waals surface area contributed by atoms with Crippen molar-refractivity contribution in [2.45, 2.75) is 65.6 Å². The Kier molecular flexibility index (Phi) is 10.1. The van der Waals surface area contributed by atoms with Gasteiger partial charge in [-0.25, -0.2) is 4.79 Å². The maximum Gasteiger partial charge on any atom is 0.333 e. The van der Waals surface area contributed by atoms with Crippen LogP contribution in [0.5, 0.6) is 0 Å². The van der Waals surface area contributed by atoms with E-state index in [2.05, 4.69) is 6.58 Å². The van der Waals surface area contributed by atoms with Gasteiger partial charge in [-0.1, -0.05) is 25.6 Å². The highest BCUT2D eigenvalue weighted by Gasteiger charge is 2.33. The van der Waals surface area contributed by atoms with Gasteiger partial charge in [0, 0.05) is 29.4 Å². The summed E-state index contributed by atoms with van der Waals surface area (Å²) >= 11 is 1.77. The first kappa shape index (κ1) is 26.2. The number of esters is 1. The summed E-state index contributed by atoms with van der Waals surface area (Å²) in [6.45, 7) is 14.7. The highest BCUT2D eigenvalue weighted by molar-refractivity contribution is 7.99. The van der Waals surface area contributed by atoms with Crippen LogP contribution in [0.2, 0.25) is 0 Å². The highest BCUT2D eigenvalue weighted by Crippen LogP contribution is 2.23. The van der Waals surface area contributed by atoms with E-state index in [4.69, 9.17) is 15.2 Å². The molecular formula is C24H37NO4S. The first-order valence-electron chi connectivity index (χ1n) is 10.3. The van der Waals surface area contributed by atoms with Crippen LogP contribution in [0.15, 0.2) is 36.4 Å². The van der Waals surface area contributed by atoms with E-state index in [1.54, 1.807) is 32.5 Å². The molecule has 6 heteroatoms. The van der Waals surface area contributed by atoms with E-state index in [0.717, 1.165) is 23.6 Å². The quantitative estimate of drug-likeness (QED) is 0.207. The molecule has 1 rings (SSSR count). The number of ketones is 1.